The topological polar surface area (TPSA) is 79.9 Å². The standard InChI is InChI=1S/C21H22N4O2S/c1-13-8-14(11-22-5-3-6-27-2)9-16-19(13)24-20(25-21(16)26)17-10-18-15(12-23-17)4-7-28-18/h4,7-10,12,22H,3,5-6,11H2,1-2H3,(H,24,25,26). The monoisotopic (exact) mass is 394 g/mol. The summed E-state index contributed by atoms with van der Waals surface area (Å²) in [6.45, 7) is 4.30. The molecule has 0 unspecified atom stereocenters. The number of nitrogens with one attached hydrogen (secondary N) is 2. The maximum Gasteiger partial charge on any atom is 0.259 e. The summed E-state index contributed by atoms with van der Waals surface area (Å²) in [6.07, 6.45) is 2.77. The van der Waals surface area contributed by atoms with Gasteiger partial charge in [-0.1, -0.05) is 6.07 Å². The molecule has 0 radical (unpaired) electrons. The molecular formula is C21H22N4O2S. The fourth-order valence-corrected chi connectivity index (χ4v) is 4.07. The van der Waals surface area contributed by atoms with Gasteiger partial charge in [0.15, 0.2) is 5.82 Å². The van der Waals surface area contributed by atoms with Gasteiger partial charge in [-0.2, -0.15) is 0 Å². The summed E-state index contributed by atoms with van der Waals surface area (Å²) < 4.78 is 6.18. The number of hydrogen-bond donors (Lipinski definition) is 2. The molecule has 4 rings (SSSR count). The summed E-state index contributed by atoms with van der Waals surface area (Å²) in [5.74, 6) is 0.501. The third-order valence-corrected chi connectivity index (χ3v) is 5.55. The van der Waals surface area contributed by atoms with Crippen LogP contribution < -0.4 is 10.9 Å². The van der Waals surface area contributed by atoms with Crippen LogP contribution in [0.1, 0.15) is 17.5 Å². The van der Waals surface area contributed by atoms with Gasteiger partial charge in [0.1, 0.15) is 5.69 Å². The van der Waals surface area contributed by atoms with Gasteiger partial charge in [-0.15, -0.1) is 11.3 Å². The number of ether oxygens (including phenoxy) is 1. The molecule has 0 aliphatic carbocycles. The van der Waals surface area contributed by atoms with Crippen molar-refractivity contribution in [3.8, 4) is 11.5 Å². The Labute approximate surface area is 166 Å². The lowest BCUT2D eigenvalue weighted by Crippen LogP contribution is -2.17. The van der Waals surface area contributed by atoms with Crippen molar-refractivity contribution in [1.29, 1.82) is 0 Å². The molecule has 3 heterocycles. The molecule has 0 atom stereocenters. The Bertz CT molecular complexity index is 1180. The Kier molecular flexibility index (Phi) is 5.47. The van der Waals surface area contributed by atoms with Crippen LogP contribution in [0.4, 0.5) is 0 Å². The van der Waals surface area contributed by atoms with Gasteiger partial charge < -0.3 is 15.0 Å². The number of aryl methyl sites for hydroxylation is 1. The van der Waals surface area contributed by atoms with Crippen molar-refractivity contribution in [2.75, 3.05) is 20.3 Å². The first-order valence-electron chi connectivity index (χ1n) is 9.22. The van der Waals surface area contributed by atoms with Crippen molar-refractivity contribution in [3.63, 3.8) is 0 Å². The van der Waals surface area contributed by atoms with Crippen LogP contribution in [0, 0.1) is 6.92 Å². The summed E-state index contributed by atoms with van der Waals surface area (Å²) in [4.78, 5) is 24.8. The lowest BCUT2D eigenvalue weighted by atomic mass is 10.1. The van der Waals surface area contributed by atoms with E-state index in [1.165, 1.54) is 0 Å². The van der Waals surface area contributed by atoms with Gasteiger partial charge in [0.2, 0.25) is 0 Å². The van der Waals surface area contributed by atoms with Gasteiger partial charge in [0.25, 0.3) is 5.56 Å². The second-order valence-electron chi connectivity index (χ2n) is 6.77. The van der Waals surface area contributed by atoms with E-state index in [4.69, 9.17) is 9.72 Å². The molecule has 0 spiro atoms. The third kappa shape index (κ3) is 3.82. The Morgan fingerprint density at radius 2 is 2.18 bits per heavy atom. The maximum absolute atomic E-state index is 12.7. The molecular weight excluding hydrogens is 372 g/mol. The molecule has 7 heteroatoms. The molecule has 0 saturated carbocycles. The summed E-state index contributed by atoms with van der Waals surface area (Å²) >= 11 is 1.65. The van der Waals surface area contributed by atoms with E-state index >= 15 is 0 Å². The molecule has 0 aliphatic rings. The number of aromatic amines is 1. The van der Waals surface area contributed by atoms with E-state index in [9.17, 15) is 4.79 Å². The van der Waals surface area contributed by atoms with Crippen LogP contribution in [0.2, 0.25) is 0 Å². The molecule has 144 valence electrons. The normalized spacial score (nSPS) is 11.5. The fourth-order valence-electron chi connectivity index (χ4n) is 3.27. The Hall–Kier alpha value is -2.61. The smallest absolute Gasteiger partial charge is 0.259 e. The lowest BCUT2D eigenvalue weighted by Gasteiger charge is -2.09. The number of methoxy groups -OCH3 is 1. The Morgan fingerprint density at radius 3 is 3.04 bits per heavy atom. The van der Waals surface area contributed by atoms with Gasteiger partial charge in [0, 0.05) is 36.5 Å². The van der Waals surface area contributed by atoms with Gasteiger partial charge >= 0.3 is 0 Å². The quantitative estimate of drug-likeness (QED) is 0.468. The van der Waals surface area contributed by atoms with Crippen molar-refractivity contribution < 1.29 is 4.74 Å². The largest absolute Gasteiger partial charge is 0.385 e. The molecule has 0 aliphatic heterocycles. The number of hydrogen-bond acceptors (Lipinski definition) is 6. The van der Waals surface area contributed by atoms with Crippen molar-refractivity contribution >= 4 is 32.3 Å². The van der Waals surface area contributed by atoms with Gasteiger partial charge in [-0.05, 0) is 54.6 Å². The number of benzene rings is 1. The van der Waals surface area contributed by atoms with E-state index in [1.54, 1.807) is 18.4 Å². The minimum Gasteiger partial charge on any atom is -0.385 e. The van der Waals surface area contributed by atoms with E-state index in [0.29, 0.717) is 23.4 Å². The third-order valence-electron chi connectivity index (χ3n) is 4.67. The summed E-state index contributed by atoms with van der Waals surface area (Å²) in [5, 5.41) is 7.11. The van der Waals surface area contributed by atoms with Crippen LogP contribution in [-0.2, 0) is 11.3 Å². The average molecular weight is 395 g/mol. The van der Waals surface area contributed by atoms with Crippen molar-refractivity contribution in [3.05, 3.63) is 57.3 Å². The van der Waals surface area contributed by atoms with Crippen LogP contribution in [0.25, 0.3) is 32.5 Å². The molecule has 0 bridgehead atoms. The molecule has 0 amide bonds. The van der Waals surface area contributed by atoms with Crippen molar-refractivity contribution in [2.45, 2.75) is 19.9 Å². The van der Waals surface area contributed by atoms with E-state index in [0.717, 1.165) is 46.3 Å². The summed E-state index contributed by atoms with van der Waals surface area (Å²) in [5.41, 5.74) is 3.31. The number of H-pyrrole nitrogens is 1. The second kappa shape index (κ2) is 8.18. The first kappa shape index (κ1) is 18.7. The second-order valence-corrected chi connectivity index (χ2v) is 7.72. The molecule has 3 aromatic heterocycles. The van der Waals surface area contributed by atoms with Crippen molar-refractivity contribution in [1.82, 2.24) is 20.3 Å². The molecule has 6 nitrogen and oxygen atoms in total. The summed E-state index contributed by atoms with van der Waals surface area (Å²) in [6, 6.07) is 8.00. The molecule has 2 N–H and O–H groups in total. The predicted octanol–water partition coefficient (Wildman–Crippen LogP) is 3.63. The first-order chi connectivity index (χ1) is 13.7. The zero-order chi connectivity index (χ0) is 19.5. The zero-order valence-corrected chi connectivity index (χ0v) is 16.7. The van der Waals surface area contributed by atoms with E-state index in [1.807, 2.05) is 36.7 Å². The van der Waals surface area contributed by atoms with Crippen LogP contribution in [0.3, 0.4) is 0 Å². The fraction of sp³-hybridized carbons (Fsp3) is 0.286. The Morgan fingerprint density at radius 1 is 1.29 bits per heavy atom. The number of nitrogens with zero attached hydrogens (tertiary/aromatic N) is 2. The Balaban J connectivity index is 1.66. The molecule has 28 heavy (non-hydrogen) atoms. The highest BCUT2D eigenvalue weighted by atomic mass is 32.1. The van der Waals surface area contributed by atoms with Crippen molar-refractivity contribution in [2.24, 2.45) is 0 Å². The molecule has 1 aromatic carbocycles. The lowest BCUT2D eigenvalue weighted by molar-refractivity contribution is 0.194. The first-order valence-corrected chi connectivity index (χ1v) is 10.1. The number of pyridine rings is 1. The average Bonchev–Trinajstić information content (AvgIpc) is 3.16. The van der Waals surface area contributed by atoms with Gasteiger partial charge in [-0.3, -0.25) is 9.78 Å². The van der Waals surface area contributed by atoms with E-state index < -0.39 is 0 Å². The number of thiophene rings is 1. The molecule has 0 saturated heterocycles. The van der Waals surface area contributed by atoms with Gasteiger partial charge in [0.05, 0.1) is 10.9 Å². The van der Waals surface area contributed by atoms with Gasteiger partial charge in [-0.25, -0.2) is 4.98 Å². The zero-order valence-electron chi connectivity index (χ0n) is 15.9. The van der Waals surface area contributed by atoms with Crippen LogP contribution in [-0.4, -0.2) is 35.2 Å². The van der Waals surface area contributed by atoms with E-state index in [-0.39, 0.29) is 5.56 Å². The minimum atomic E-state index is -0.141. The number of rotatable bonds is 7. The van der Waals surface area contributed by atoms with Crippen LogP contribution in [0.15, 0.2) is 40.6 Å². The highest BCUT2D eigenvalue weighted by Crippen LogP contribution is 2.25. The van der Waals surface area contributed by atoms with Crippen LogP contribution in [0.5, 0.6) is 0 Å². The summed E-state index contributed by atoms with van der Waals surface area (Å²) in [7, 11) is 1.70. The predicted molar refractivity (Wildman–Crippen MR) is 114 cm³/mol. The SMILES string of the molecule is COCCCNCc1cc(C)c2nc(-c3cc4sccc4cn3)[nH]c(=O)c2c1. The highest BCUT2D eigenvalue weighted by molar-refractivity contribution is 7.17. The van der Waals surface area contributed by atoms with E-state index in [2.05, 4.69) is 21.4 Å². The maximum atomic E-state index is 12.7. The number of aromatic nitrogens is 3. The molecule has 0 fully saturated rings. The highest BCUT2D eigenvalue weighted by Gasteiger charge is 2.11. The van der Waals surface area contributed by atoms with Crippen LogP contribution >= 0.6 is 11.3 Å². The minimum absolute atomic E-state index is 0.141. The molecule has 4 aromatic rings. The number of fused-ring (bicyclic) bond motifs is 2.